The average molecular weight is 305 g/mol. The van der Waals surface area contributed by atoms with Crippen LogP contribution in [-0.4, -0.2) is 49.6 Å². The van der Waals surface area contributed by atoms with Gasteiger partial charge in [0.2, 0.25) is 5.91 Å². The molecule has 0 aliphatic rings. The standard InChI is InChI=1S/C9H14F3NO5S/c1-2-3-13-7(14)5-19(17,18)4-6(8(15)16)9(10,11)12/h6H,2-5H2,1H3,(H,13,14)(H,15,16). The molecule has 0 saturated heterocycles. The van der Waals surface area contributed by atoms with Crippen LogP contribution in [0.1, 0.15) is 13.3 Å². The lowest BCUT2D eigenvalue weighted by Crippen LogP contribution is -2.39. The minimum absolute atomic E-state index is 0.190. The van der Waals surface area contributed by atoms with Crippen molar-refractivity contribution >= 4 is 21.7 Å². The van der Waals surface area contributed by atoms with Gasteiger partial charge in [-0.25, -0.2) is 8.42 Å². The SMILES string of the molecule is CCCNC(=O)CS(=O)(=O)CC(C(=O)O)C(F)(F)F. The second kappa shape index (κ2) is 6.73. The number of sulfone groups is 1. The van der Waals surface area contributed by atoms with Gasteiger partial charge < -0.3 is 10.4 Å². The van der Waals surface area contributed by atoms with Gasteiger partial charge >= 0.3 is 12.1 Å². The summed E-state index contributed by atoms with van der Waals surface area (Å²) in [4.78, 5) is 21.5. The summed E-state index contributed by atoms with van der Waals surface area (Å²) in [5, 5.41) is 10.5. The van der Waals surface area contributed by atoms with Crippen LogP contribution in [0.25, 0.3) is 0 Å². The molecule has 0 saturated carbocycles. The van der Waals surface area contributed by atoms with Crippen LogP contribution in [0.4, 0.5) is 13.2 Å². The second-order valence-electron chi connectivity index (χ2n) is 3.84. The van der Waals surface area contributed by atoms with Crippen molar-refractivity contribution in [3.8, 4) is 0 Å². The minimum Gasteiger partial charge on any atom is -0.481 e. The van der Waals surface area contributed by atoms with E-state index >= 15 is 0 Å². The van der Waals surface area contributed by atoms with Gasteiger partial charge in [0.25, 0.3) is 0 Å². The van der Waals surface area contributed by atoms with Gasteiger partial charge in [-0.2, -0.15) is 13.2 Å². The zero-order valence-electron chi connectivity index (χ0n) is 10.0. The Morgan fingerprint density at radius 1 is 1.32 bits per heavy atom. The molecule has 0 heterocycles. The lowest BCUT2D eigenvalue weighted by atomic mass is 10.2. The first-order valence-corrected chi connectivity index (χ1v) is 7.08. The van der Waals surface area contributed by atoms with Crippen LogP contribution in [0.5, 0.6) is 0 Å². The normalized spacial score (nSPS) is 13.9. The summed E-state index contributed by atoms with van der Waals surface area (Å²) in [6.45, 7) is 1.90. The maximum atomic E-state index is 12.3. The highest BCUT2D eigenvalue weighted by Gasteiger charge is 2.47. The van der Waals surface area contributed by atoms with E-state index < -0.39 is 45.3 Å². The summed E-state index contributed by atoms with van der Waals surface area (Å²) < 4.78 is 59.6. The van der Waals surface area contributed by atoms with E-state index in [1.54, 1.807) is 6.92 Å². The molecule has 0 aromatic carbocycles. The summed E-state index contributed by atoms with van der Waals surface area (Å²) >= 11 is 0. The molecule has 0 fully saturated rings. The molecular weight excluding hydrogens is 291 g/mol. The fourth-order valence-electron chi connectivity index (χ4n) is 1.13. The molecule has 10 heteroatoms. The molecule has 0 spiro atoms. The summed E-state index contributed by atoms with van der Waals surface area (Å²) in [5.74, 6) is -9.08. The van der Waals surface area contributed by atoms with Gasteiger partial charge in [0.1, 0.15) is 5.75 Å². The van der Waals surface area contributed by atoms with Gasteiger partial charge in [-0.3, -0.25) is 9.59 Å². The Balaban J connectivity index is 4.75. The number of rotatable bonds is 7. The van der Waals surface area contributed by atoms with E-state index in [9.17, 15) is 31.2 Å². The van der Waals surface area contributed by atoms with Gasteiger partial charge in [0, 0.05) is 6.54 Å². The minimum atomic E-state index is -5.18. The van der Waals surface area contributed by atoms with Crippen molar-refractivity contribution in [1.29, 1.82) is 0 Å². The lowest BCUT2D eigenvalue weighted by molar-refractivity contribution is -0.189. The number of hydrogen-bond donors (Lipinski definition) is 2. The third-order valence-corrected chi connectivity index (χ3v) is 3.58. The molecule has 0 aliphatic carbocycles. The molecule has 1 atom stereocenters. The van der Waals surface area contributed by atoms with Crippen molar-refractivity contribution in [3.63, 3.8) is 0 Å². The molecular formula is C9H14F3NO5S. The van der Waals surface area contributed by atoms with E-state index in [0.717, 1.165) is 0 Å². The number of carbonyl (C=O) groups is 2. The zero-order chi connectivity index (χ0) is 15.3. The Hall–Kier alpha value is -1.32. The molecule has 0 rings (SSSR count). The number of nitrogens with one attached hydrogen (secondary N) is 1. The number of carboxylic acid groups (broad SMARTS) is 1. The van der Waals surface area contributed by atoms with E-state index in [1.807, 2.05) is 0 Å². The van der Waals surface area contributed by atoms with Crippen molar-refractivity contribution in [2.75, 3.05) is 18.1 Å². The van der Waals surface area contributed by atoms with Gasteiger partial charge in [0.05, 0.1) is 5.75 Å². The Morgan fingerprint density at radius 2 is 1.84 bits per heavy atom. The summed E-state index contributed by atoms with van der Waals surface area (Å²) in [5.41, 5.74) is 0. The van der Waals surface area contributed by atoms with Crippen molar-refractivity contribution in [3.05, 3.63) is 0 Å². The maximum Gasteiger partial charge on any atom is 0.403 e. The average Bonchev–Trinajstić information content (AvgIpc) is 2.20. The van der Waals surface area contributed by atoms with E-state index in [4.69, 9.17) is 5.11 Å². The summed E-state index contributed by atoms with van der Waals surface area (Å²) in [7, 11) is -4.45. The van der Waals surface area contributed by atoms with E-state index in [-0.39, 0.29) is 6.54 Å². The Morgan fingerprint density at radius 3 is 2.21 bits per heavy atom. The van der Waals surface area contributed by atoms with E-state index in [2.05, 4.69) is 5.32 Å². The van der Waals surface area contributed by atoms with Crippen LogP contribution in [0.15, 0.2) is 0 Å². The molecule has 6 nitrogen and oxygen atoms in total. The highest BCUT2D eigenvalue weighted by Crippen LogP contribution is 2.27. The largest absolute Gasteiger partial charge is 0.481 e. The molecule has 112 valence electrons. The van der Waals surface area contributed by atoms with Crippen molar-refractivity contribution in [2.45, 2.75) is 19.5 Å². The van der Waals surface area contributed by atoms with Gasteiger partial charge in [-0.05, 0) is 6.42 Å². The second-order valence-corrected chi connectivity index (χ2v) is 5.95. The monoisotopic (exact) mass is 305 g/mol. The van der Waals surface area contributed by atoms with Gasteiger partial charge in [-0.15, -0.1) is 0 Å². The predicted molar refractivity (Wildman–Crippen MR) is 59.1 cm³/mol. The number of alkyl halides is 3. The van der Waals surface area contributed by atoms with E-state index in [1.165, 1.54) is 0 Å². The van der Waals surface area contributed by atoms with E-state index in [0.29, 0.717) is 6.42 Å². The number of carbonyl (C=O) groups excluding carboxylic acids is 1. The smallest absolute Gasteiger partial charge is 0.403 e. The molecule has 19 heavy (non-hydrogen) atoms. The first-order valence-electron chi connectivity index (χ1n) is 5.26. The van der Waals surface area contributed by atoms with Crippen LogP contribution in [0.3, 0.4) is 0 Å². The first-order chi connectivity index (χ1) is 8.49. The van der Waals surface area contributed by atoms with Crippen LogP contribution >= 0.6 is 0 Å². The van der Waals surface area contributed by atoms with Crippen molar-refractivity contribution in [2.24, 2.45) is 5.92 Å². The molecule has 1 amide bonds. The molecule has 2 N–H and O–H groups in total. The Bertz CT molecular complexity index is 432. The number of carboxylic acids is 1. The fourth-order valence-corrected chi connectivity index (χ4v) is 2.59. The third kappa shape index (κ3) is 6.99. The van der Waals surface area contributed by atoms with Crippen molar-refractivity contribution in [1.82, 2.24) is 5.32 Å². The Kier molecular flexibility index (Phi) is 6.27. The summed E-state index contributed by atoms with van der Waals surface area (Å²) in [6.07, 6.45) is -4.65. The topological polar surface area (TPSA) is 101 Å². The highest BCUT2D eigenvalue weighted by molar-refractivity contribution is 7.92. The Labute approximate surface area is 107 Å². The molecule has 1 unspecified atom stereocenters. The molecule has 0 aromatic heterocycles. The zero-order valence-corrected chi connectivity index (χ0v) is 10.8. The number of aliphatic carboxylic acids is 1. The molecule has 0 radical (unpaired) electrons. The first kappa shape index (κ1) is 17.7. The molecule has 0 aliphatic heterocycles. The highest BCUT2D eigenvalue weighted by atomic mass is 32.2. The summed E-state index contributed by atoms with van der Waals surface area (Å²) in [6, 6.07) is 0. The maximum absolute atomic E-state index is 12.3. The van der Waals surface area contributed by atoms with Gasteiger partial charge in [0.15, 0.2) is 15.8 Å². The van der Waals surface area contributed by atoms with Gasteiger partial charge in [-0.1, -0.05) is 6.92 Å². The van der Waals surface area contributed by atoms with Crippen LogP contribution in [0, 0.1) is 5.92 Å². The van der Waals surface area contributed by atoms with Crippen molar-refractivity contribution < 1.29 is 36.3 Å². The molecule has 0 bridgehead atoms. The number of amides is 1. The van der Waals surface area contributed by atoms with Crippen LogP contribution in [0.2, 0.25) is 0 Å². The quantitative estimate of drug-likeness (QED) is 0.699. The predicted octanol–water partition coefficient (Wildman–Crippen LogP) is 0.191. The number of halogens is 3. The number of hydrogen-bond acceptors (Lipinski definition) is 4. The van der Waals surface area contributed by atoms with Crippen LogP contribution in [-0.2, 0) is 19.4 Å². The fraction of sp³-hybridized carbons (Fsp3) is 0.778. The lowest BCUT2D eigenvalue weighted by Gasteiger charge is -2.15. The third-order valence-electron chi connectivity index (χ3n) is 2.04. The molecule has 0 aromatic rings. The van der Waals surface area contributed by atoms with Crippen LogP contribution < -0.4 is 5.32 Å².